The molecule has 0 atom stereocenters. The number of amides is 1. The molecule has 2 aromatic carbocycles. The highest BCUT2D eigenvalue weighted by Crippen LogP contribution is 2.39. The number of carbonyl (C=O) groups excluding carboxylic acids is 2. The summed E-state index contributed by atoms with van der Waals surface area (Å²) in [4.78, 5) is 24.0. The molecule has 0 aliphatic rings. The number of ether oxygens (including phenoxy) is 4. The van der Waals surface area contributed by atoms with Gasteiger partial charge in [0.2, 0.25) is 5.75 Å². The summed E-state index contributed by atoms with van der Waals surface area (Å²) in [6.45, 7) is -0.595. The van der Waals surface area contributed by atoms with Gasteiger partial charge in [-0.1, -0.05) is 11.6 Å². The van der Waals surface area contributed by atoms with Gasteiger partial charge < -0.3 is 24.3 Å². The van der Waals surface area contributed by atoms with Crippen LogP contribution in [-0.2, 0) is 9.53 Å². The number of nitrogens with one attached hydrogen (secondary N) is 1. The molecule has 9 heteroatoms. The Morgan fingerprint density at radius 1 is 1.04 bits per heavy atom. The number of benzene rings is 2. The molecular weight excluding hydrogens is 381 g/mol. The third-order valence-corrected chi connectivity index (χ3v) is 3.76. The Balaban J connectivity index is 2.05. The number of carbonyl (C=O) groups is 2. The average molecular weight is 398 g/mol. The monoisotopic (exact) mass is 397 g/mol. The highest BCUT2D eigenvalue weighted by Gasteiger charge is 2.17. The summed E-state index contributed by atoms with van der Waals surface area (Å²) in [5, 5.41) is 2.56. The van der Waals surface area contributed by atoms with Gasteiger partial charge in [0.05, 0.1) is 31.9 Å². The summed E-state index contributed by atoms with van der Waals surface area (Å²) in [6.07, 6.45) is 0. The first-order chi connectivity index (χ1) is 12.9. The van der Waals surface area contributed by atoms with Crippen molar-refractivity contribution in [1.29, 1.82) is 0 Å². The van der Waals surface area contributed by atoms with Crippen LogP contribution in [0.4, 0.5) is 10.1 Å². The van der Waals surface area contributed by atoms with Crippen molar-refractivity contribution in [2.75, 3.05) is 33.3 Å². The Hall–Kier alpha value is -3.00. The minimum Gasteiger partial charge on any atom is -0.493 e. The third kappa shape index (κ3) is 5.01. The van der Waals surface area contributed by atoms with Crippen molar-refractivity contribution in [3.8, 4) is 17.2 Å². The van der Waals surface area contributed by atoms with Crippen LogP contribution in [0.5, 0.6) is 17.2 Å². The smallest absolute Gasteiger partial charge is 0.340 e. The zero-order valence-electron chi connectivity index (χ0n) is 14.8. The fourth-order valence-electron chi connectivity index (χ4n) is 2.21. The van der Waals surface area contributed by atoms with Crippen LogP contribution < -0.4 is 19.5 Å². The average Bonchev–Trinajstić information content (AvgIpc) is 2.67. The van der Waals surface area contributed by atoms with E-state index in [-0.39, 0.29) is 10.6 Å². The zero-order chi connectivity index (χ0) is 20.0. The second kappa shape index (κ2) is 9.09. The molecule has 1 amide bonds. The second-order valence-corrected chi connectivity index (χ2v) is 5.57. The van der Waals surface area contributed by atoms with Crippen LogP contribution in [0.15, 0.2) is 30.3 Å². The molecule has 0 aliphatic carbocycles. The van der Waals surface area contributed by atoms with Crippen LogP contribution in [0.2, 0.25) is 5.02 Å². The normalized spacial score (nSPS) is 10.1. The highest BCUT2D eigenvalue weighted by molar-refractivity contribution is 6.33. The number of hydrogen-bond acceptors (Lipinski definition) is 6. The summed E-state index contributed by atoms with van der Waals surface area (Å²) in [6, 6.07) is 6.30. The Morgan fingerprint density at radius 2 is 1.67 bits per heavy atom. The van der Waals surface area contributed by atoms with Crippen LogP contribution in [0.25, 0.3) is 0 Å². The summed E-state index contributed by atoms with van der Waals surface area (Å²) < 4.78 is 33.7. The fourth-order valence-corrected chi connectivity index (χ4v) is 2.41. The minimum atomic E-state index is -0.917. The molecule has 0 aliphatic heterocycles. The van der Waals surface area contributed by atoms with E-state index in [0.717, 1.165) is 12.1 Å². The lowest BCUT2D eigenvalue weighted by Crippen LogP contribution is -2.21. The van der Waals surface area contributed by atoms with E-state index in [9.17, 15) is 14.0 Å². The number of methoxy groups -OCH3 is 3. The SMILES string of the molecule is COc1cc(NC(=O)COC(=O)c2cc(F)ccc2Cl)cc(OC)c1OC. The second-order valence-electron chi connectivity index (χ2n) is 5.16. The minimum absolute atomic E-state index is 0.0198. The Bertz CT molecular complexity index is 833. The van der Waals surface area contributed by atoms with Crippen LogP contribution >= 0.6 is 11.6 Å². The van der Waals surface area contributed by atoms with E-state index in [1.807, 2.05) is 0 Å². The third-order valence-electron chi connectivity index (χ3n) is 3.43. The quantitative estimate of drug-likeness (QED) is 0.722. The van der Waals surface area contributed by atoms with Crippen molar-refractivity contribution < 1.29 is 32.9 Å². The molecule has 0 bridgehead atoms. The zero-order valence-corrected chi connectivity index (χ0v) is 15.6. The number of esters is 1. The van der Waals surface area contributed by atoms with Gasteiger partial charge in [0.15, 0.2) is 18.1 Å². The Morgan fingerprint density at radius 3 is 2.22 bits per heavy atom. The summed E-state index contributed by atoms with van der Waals surface area (Å²) in [7, 11) is 4.33. The molecule has 0 saturated heterocycles. The van der Waals surface area contributed by atoms with Gasteiger partial charge in [0, 0.05) is 17.8 Å². The van der Waals surface area contributed by atoms with Gasteiger partial charge in [-0.15, -0.1) is 0 Å². The molecule has 27 heavy (non-hydrogen) atoms. The van der Waals surface area contributed by atoms with Gasteiger partial charge in [0.1, 0.15) is 5.82 Å². The fraction of sp³-hybridized carbons (Fsp3) is 0.222. The van der Waals surface area contributed by atoms with E-state index in [0.29, 0.717) is 22.9 Å². The van der Waals surface area contributed by atoms with Crippen molar-refractivity contribution in [3.05, 3.63) is 46.7 Å². The van der Waals surface area contributed by atoms with Gasteiger partial charge in [-0.3, -0.25) is 4.79 Å². The van der Waals surface area contributed by atoms with Crippen molar-refractivity contribution in [2.45, 2.75) is 0 Å². The van der Waals surface area contributed by atoms with Crippen molar-refractivity contribution in [3.63, 3.8) is 0 Å². The molecule has 2 aromatic rings. The number of hydrogen-bond donors (Lipinski definition) is 1. The van der Waals surface area contributed by atoms with Crippen molar-refractivity contribution in [1.82, 2.24) is 0 Å². The summed E-state index contributed by atoms with van der Waals surface area (Å²) >= 11 is 5.82. The van der Waals surface area contributed by atoms with Gasteiger partial charge >= 0.3 is 5.97 Å². The lowest BCUT2D eigenvalue weighted by Gasteiger charge is -2.14. The highest BCUT2D eigenvalue weighted by atomic mass is 35.5. The standard InChI is InChI=1S/C18H17ClFNO6/c1-24-14-7-11(8-15(25-2)17(14)26-3)21-16(22)9-27-18(23)12-6-10(20)4-5-13(12)19/h4-8H,9H2,1-3H3,(H,21,22). The van der Waals surface area contributed by atoms with E-state index in [1.165, 1.54) is 39.5 Å². The van der Waals surface area contributed by atoms with Crippen LogP contribution in [-0.4, -0.2) is 39.8 Å². The van der Waals surface area contributed by atoms with Gasteiger partial charge in [-0.2, -0.15) is 0 Å². The number of rotatable bonds is 7. The molecule has 7 nitrogen and oxygen atoms in total. The maximum absolute atomic E-state index is 13.2. The number of anilines is 1. The first-order valence-corrected chi connectivity index (χ1v) is 7.99. The summed E-state index contributed by atoms with van der Waals surface area (Å²) in [5.41, 5.74) is 0.173. The van der Waals surface area contributed by atoms with Crippen molar-refractivity contribution in [2.24, 2.45) is 0 Å². The largest absolute Gasteiger partial charge is 0.493 e. The Kier molecular flexibility index (Phi) is 6.84. The van der Waals surface area contributed by atoms with Crippen LogP contribution in [0.3, 0.4) is 0 Å². The van der Waals surface area contributed by atoms with Crippen LogP contribution in [0, 0.1) is 5.82 Å². The molecule has 0 fully saturated rings. The molecular formula is C18H17ClFNO6. The van der Waals surface area contributed by atoms with E-state index in [1.54, 1.807) is 0 Å². The van der Waals surface area contributed by atoms with Crippen molar-refractivity contribution >= 4 is 29.2 Å². The first-order valence-electron chi connectivity index (χ1n) is 7.61. The topological polar surface area (TPSA) is 83.1 Å². The Labute approximate surface area is 159 Å². The molecule has 0 aromatic heterocycles. The van der Waals surface area contributed by atoms with E-state index >= 15 is 0 Å². The summed E-state index contributed by atoms with van der Waals surface area (Å²) in [5.74, 6) is -1.13. The molecule has 0 radical (unpaired) electrons. The predicted molar refractivity (Wildman–Crippen MR) is 96.4 cm³/mol. The van der Waals surface area contributed by atoms with Gasteiger partial charge in [0.25, 0.3) is 5.91 Å². The first kappa shape index (κ1) is 20.3. The lowest BCUT2D eigenvalue weighted by atomic mass is 10.2. The lowest BCUT2D eigenvalue weighted by molar-refractivity contribution is -0.119. The van der Waals surface area contributed by atoms with E-state index in [2.05, 4.69) is 5.32 Å². The van der Waals surface area contributed by atoms with E-state index < -0.39 is 24.3 Å². The van der Waals surface area contributed by atoms with Gasteiger partial charge in [-0.05, 0) is 18.2 Å². The molecule has 144 valence electrons. The van der Waals surface area contributed by atoms with E-state index in [4.69, 9.17) is 30.5 Å². The van der Waals surface area contributed by atoms with Crippen LogP contribution in [0.1, 0.15) is 10.4 Å². The van der Waals surface area contributed by atoms with Gasteiger partial charge in [-0.25, -0.2) is 9.18 Å². The molecule has 0 spiro atoms. The number of halogens is 2. The maximum Gasteiger partial charge on any atom is 0.340 e. The molecule has 2 rings (SSSR count). The predicted octanol–water partition coefficient (Wildman–Crippen LogP) is 3.30. The molecule has 0 unspecified atom stereocenters. The molecule has 0 heterocycles. The maximum atomic E-state index is 13.2. The molecule has 0 saturated carbocycles. The molecule has 1 N–H and O–H groups in total.